The Morgan fingerprint density at radius 3 is 1.59 bits per heavy atom. The van der Waals surface area contributed by atoms with Crippen LogP contribution in [0.15, 0.2) is 42.2 Å². The second-order valence-electron chi connectivity index (χ2n) is 9.41. The van der Waals surface area contributed by atoms with Crippen LogP contribution >= 0.6 is 63.7 Å². The number of ether oxygens (including phenoxy) is 2. The molecule has 0 heterocycles. The molecule has 2 aromatic rings. The highest BCUT2D eigenvalue weighted by atomic mass is 79.9. The Morgan fingerprint density at radius 2 is 1.22 bits per heavy atom. The number of hydrogen-bond donors (Lipinski definition) is 3. The highest BCUT2D eigenvalue weighted by Gasteiger charge is 2.33. The van der Waals surface area contributed by atoms with Gasteiger partial charge < -0.3 is 26.0 Å². The Kier molecular flexibility index (Phi) is 9.11. The monoisotopic (exact) mass is 698 g/mol. The summed E-state index contributed by atoms with van der Waals surface area (Å²) in [6, 6.07) is 7.89. The molecule has 2 aromatic carbocycles. The number of hydrogen-bond acceptors (Lipinski definition) is 5. The lowest BCUT2D eigenvalue weighted by Crippen LogP contribution is -2.41. The molecule has 5 N–H and O–H groups in total. The molecular formula is C23H30Br4N2O3. The van der Waals surface area contributed by atoms with Crippen LogP contribution in [0.25, 0.3) is 0 Å². The van der Waals surface area contributed by atoms with Gasteiger partial charge in [0.15, 0.2) is 6.29 Å². The molecule has 0 spiro atoms. The van der Waals surface area contributed by atoms with E-state index in [2.05, 4.69) is 89.7 Å². The average Bonchev–Trinajstić information content (AvgIpc) is 2.55. The van der Waals surface area contributed by atoms with E-state index in [1.807, 2.05) is 26.0 Å². The molecule has 0 aliphatic heterocycles. The summed E-state index contributed by atoms with van der Waals surface area (Å²) in [6.45, 7) is 11.5. The van der Waals surface area contributed by atoms with Crippen molar-refractivity contribution in [2.75, 3.05) is 6.61 Å². The molecule has 5 nitrogen and oxygen atoms in total. The van der Waals surface area contributed by atoms with Gasteiger partial charge in [0.2, 0.25) is 0 Å². The number of benzene rings is 2. The molecule has 1 unspecified atom stereocenters. The predicted octanol–water partition coefficient (Wildman–Crippen LogP) is 6.66. The van der Waals surface area contributed by atoms with Gasteiger partial charge in [-0.25, -0.2) is 0 Å². The summed E-state index contributed by atoms with van der Waals surface area (Å²) >= 11 is 14.9. The van der Waals surface area contributed by atoms with Gasteiger partial charge in [0, 0.05) is 28.8 Å². The first-order chi connectivity index (χ1) is 14.4. The SMILES string of the molecule is CC(C)(N)OC(O)COc1cc(Br)c(C(C)(C)c2c(Br)cc(C(C)(C)N)cc2Br)c(Br)c1. The van der Waals surface area contributed by atoms with Crippen molar-refractivity contribution < 1.29 is 14.6 Å². The van der Waals surface area contributed by atoms with Gasteiger partial charge in [-0.3, -0.25) is 0 Å². The Bertz CT molecular complexity index is 936. The molecule has 0 bridgehead atoms. The van der Waals surface area contributed by atoms with Gasteiger partial charge >= 0.3 is 0 Å². The fraction of sp³-hybridized carbons (Fsp3) is 0.478. The van der Waals surface area contributed by atoms with Crippen LogP contribution in [0.2, 0.25) is 0 Å². The van der Waals surface area contributed by atoms with E-state index in [1.54, 1.807) is 13.8 Å². The van der Waals surface area contributed by atoms with E-state index in [9.17, 15) is 5.11 Å². The van der Waals surface area contributed by atoms with Gasteiger partial charge in [-0.2, -0.15) is 0 Å². The standard InChI is InChI=1S/C23H30Br4N2O3/c1-21(2,19-14(24)7-12(8-15(19)25)22(3,4)28)20-16(26)9-13(10-17(20)27)31-11-18(30)32-23(5,6)29/h7-10,18,30H,11,28-29H2,1-6H3. The van der Waals surface area contributed by atoms with E-state index in [0.29, 0.717) is 5.75 Å². The predicted molar refractivity (Wildman–Crippen MR) is 144 cm³/mol. The zero-order valence-corrected chi connectivity index (χ0v) is 25.4. The Hall–Kier alpha value is -0.000000000000000111. The van der Waals surface area contributed by atoms with Crippen molar-refractivity contribution in [3.05, 3.63) is 58.8 Å². The first-order valence-electron chi connectivity index (χ1n) is 9.99. The minimum atomic E-state index is -1.14. The molecule has 0 radical (unpaired) electrons. The lowest BCUT2D eigenvalue weighted by atomic mass is 9.77. The van der Waals surface area contributed by atoms with Crippen LogP contribution in [0.3, 0.4) is 0 Å². The van der Waals surface area contributed by atoms with E-state index >= 15 is 0 Å². The summed E-state index contributed by atoms with van der Waals surface area (Å²) in [5.74, 6) is 0.583. The van der Waals surface area contributed by atoms with E-state index in [4.69, 9.17) is 20.9 Å². The van der Waals surface area contributed by atoms with Crippen molar-refractivity contribution in [2.24, 2.45) is 11.5 Å². The van der Waals surface area contributed by atoms with Crippen LogP contribution in [-0.4, -0.2) is 23.7 Å². The smallest absolute Gasteiger partial charge is 0.191 e. The lowest BCUT2D eigenvalue weighted by Gasteiger charge is -2.32. The van der Waals surface area contributed by atoms with Crippen molar-refractivity contribution in [1.29, 1.82) is 0 Å². The largest absolute Gasteiger partial charge is 0.488 e. The molecule has 2 rings (SSSR count). The van der Waals surface area contributed by atoms with Gasteiger partial charge in [0.25, 0.3) is 0 Å². The number of aliphatic hydroxyl groups is 1. The maximum atomic E-state index is 9.99. The van der Waals surface area contributed by atoms with Crippen molar-refractivity contribution >= 4 is 63.7 Å². The molecule has 0 aromatic heterocycles. The van der Waals surface area contributed by atoms with Crippen LogP contribution in [0.1, 0.15) is 58.2 Å². The minimum absolute atomic E-state index is 0.0460. The minimum Gasteiger partial charge on any atom is -0.488 e. The Balaban J connectivity index is 2.39. The molecule has 178 valence electrons. The fourth-order valence-corrected chi connectivity index (χ4v) is 7.76. The van der Waals surface area contributed by atoms with Crippen molar-refractivity contribution in [1.82, 2.24) is 0 Å². The average molecular weight is 702 g/mol. The molecular weight excluding hydrogens is 672 g/mol. The number of rotatable bonds is 8. The first kappa shape index (κ1) is 28.2. The molecule has 0 saturated heterocycles. The van der Waals surface area contributed by atoms with Crippen LogP contribution in [0.4, 0.5) is 0 Å². The molecule has 0 amide bonds. The number of nitrogens with two attached hydrogens (primary N) is 2. The zero-order valence-electron chi connectivity index (χ0n) is 19.0. The van der Waals surface area contributed by atoms with Crippen LogP contribution in [0, 0.1) is 0 Å². The lowest BCUT2D eigenvalue weighted by molar-refractivity contribution is -0.182. The molecule has 9 heteroatoms. The van der Waals surface area contributed by atoms with E-state index in [0.717, 1.165) is 34.6 Å². The summed E-state index contributed by atoms with van der Waals surface area (Å²) in [4.78, 5) is 0. The Labute approximate surface area is 224 Å². The highest BCUT2D eigenvalue weighted by molar-refractivity contribution is 9.11. The number of aliphatic hydroxyl groups excluding tert-OH is 1. The van der Waals surface area contributed by atoms with Gasteiger partial charge in [-0.1, -0.05) is 77.6 Å². The van der Waals surface area contributed by atoms with Gasteiger partial charge in [-0.05, 0) is 68.7 Å². The van der Waals surface area contributed by atoms with E-state index in [1.165, 1.54) is 0 Å². The maximum absolute atomic E-state index is 9.99. The fourth-order valence-electron chi connectivity index (χ4n) is 3.45. The van der Waals surface area contributed by atoms with Crippen LogP contribution in [-0.2, 0) is 15.7 Å². The molecule has 0 saturated carbocycles. The summed E-state index contributed by atoms with van der Waals surface area (Å²) in [5, 5.41) is 9.99. The second kappa shape index (κ2) is 10.3. The maximum Gasteiger partial charge on any atom is 0.191 e. The van der Waals surface area contributed by atoms with Crippen LogP contribution < -0.4 is 16.2 Å². The van der Waals surface area contributed by atoms with Gasteiger partial charge in [0.1, 0.15) is 18.1 Å². The highest BCUT2D eigenvalue weighted by Crippen LogP contribution is 2.47. The normalized spacial score (nSPS) is 13.9. The molecule has 0 aliphatic rings. The Morgan fingerprint density at radius 1 is 0.812 bits per heavy atom. The molecule has 0 aliphatic carbocycles. The summed E-state index contributed by atoms with van der Waals surface area (Å²) in [7, 11) is 0. The van der Waals surface area contributed by atoms with Crippen molar-refractivity contribution in [3.63, 3.8) is 0 Å². The third-order valence-corrected chi connectivity index (χ3v) is 7.39. The number of halogens is 4. The third kappa shape index (κ3) is 7.01. The topological polar surface area (TPSA) is 90.7 Å². The molecule has 32 heavy (non-hydrogen) atoms. The third-order valence-electron chi connectivity index (χ3n) is 4.88. The summed E-state index contributed by atoms with van der Waals surface area (Å²) in [5.41, 5.74) is 13.4. The molecule has 1 atom stereocenters. The van der Waals surface area contributed by atoms with E-state index in [-0.39, 0.29) is 6.61 Å². The first-order valence-corrected chi connectivity index (χ1v) is 13.2. The zero-order chi connectivity index (χ0) is 24.6. The van der Waals surface area contributed by atoms with Crippen LogP contribution in [0.5, 0.6) is 5.75 Å². The molecule has 0 fully saturated rings. The van der Waals surface area contributed by atoms with Crippen molar-refractivity contribution in [3.8, 4) is 5.75 Å². The van der Waals surface area contributed by atoms with E-state index < -0.39 is 23.0 Å². The van der Waals surface area contributed by atoms with Gasteiger partial charge in [-0.15, -0.1) is 0 Å². The van der Waals surface area contributed by atoms with Gasteiger partial charge in [0.05, 0.1) is 0 Å². The summed E-state index contributed by atoms with van der Waals surface area (Å²) < 4.78 is 14.7. The summed E-state index contributed by atoms with van der Waals surface area (Å²) in [6.07, 6.45) is -1.14. The second-order valence-corrected chi connectivity index (χ2v) is 12.8. The quantitative estimate of drug-likeness (QED) is 0.268. The van der Waals surface area contributed by atoms with Crippen molar-refractivity contribution in [2.45, 2.75) is 64.5 Å².